The Bertz CT molecular complexity index is 404. The predicted molar refractivity (Wildman–Crippen MR) is 57.4 cm³/mol. The van der Waals surface area contributed by atoms with Gasteiger partial charge in [0.1, 0.15) is 0 Å². The van der Waals surface area contributed by atoms with Gasteiger partial charge in [-0.1, -0.05) is 13.8 Å². The Morgan fingerprint density at radius 2 is 1.53 bits per heavy atom. The molecule has 17 heavy (non-hydrogen) atoms. The van der Waals surface area contributed by atoms with E-state index in [4.69, 9.17) is 9.31 Å². The molecule has 1 aliphatic heterocycles. The first kappa shape index (κ1) is 12.5. The third-order valence-corrected chi connectivity index (χ3v) is 2.53. The van der Waals surface area contributed by atoms with Crippen LogP contribution in [0.5, 0.6) is 0 Å². The number of hydrogen-bond donors (Lipinski definition) is 0. The summed E-state index contributed by atoms with van der Waals surface area (Å²) in [7, 11) is -0.840. The normalized spacial score (nSPS) is 19.5. The van der Waals surface area contributed by atoms with Gasteiger partial charge in [-0.3, -0.25) is 0 Å². The van der Waals surface area contributed by atoms with Crippen LogP contribution in [0.1, 0.15) is 13.8 Å². The van der Waals surface area contributed by atoms with Crippen molar-refractivity contribution < 1.29 is 22.5 Å². The van der Waals surface area contributed by atoms with Crippen LogP contribution < -0.4 is 5.46 Å². The molecule has 0 bridgehead atoms. The Morgan fingerprint density at radius 3 is 2.00 bits per heavy atom. The van der Waals surface area contributed by atoms with Crippen molar-refractivity contribution in [1.82, 2.24) is 0 Å². The lowest BCUT2D eigenvalue weighted by Crippen LogP contribution is -2.47. The number of benzene rings is 1. The lowest BCUT2D eigenvalue weighted by atomic mass is 9.76. The second kappa shape index (κ2) is 4.35. The van der Waals surface area contributed by atoms with Gasteiger partial charge in [0.2, 0.25) is 0 Å². The largest absolute Gasteiger partial charge is 0.494 e. The fraction of sp³-hybridized carbons (Fsp3) is 0.455. The minimum atomic E-state index is -1.48. The molecule has 92 valence electrons. The molecular weight excluding hydrogens is 232 g/mol. The third kappa shape index (κ3) is 2.64. The molecule has 1 heterocycles. The summed E-state index contributed by atoms with van der Waals surface area (Å²) in [5.41, 5.74) is 0.0186. The van der Waals surface area contributed by atoms with E-state index in [1.54, 1.807) is 0 Å². The molecule has 1 fully saturated rings. The average molecular weight is 244 g/mol. The van der Waals surface area contributed by atoms with Gasteiger partial charge in [-0.15, -0.1) is 0 Å². The molecule has 6 heteroatoms. The Labute approximate surface area is 97.9 Å². The van der Waals surface area contributed by atoms with Crippen molar-refractivity contribution in [2.45, 2.75) is 13.8 Å². The minimum Gasteiger partial charge on any atom is -0.407 e. The highest BCUT2D eigenvalue weighted by Crippen LogP contribution is 2.21. The van der Waals surface area contributed by atoms with Crippen LogP contribution in [0.2, 0.25) is 0 Å². The van der Waals surface area contributed by atoms with Gasteiger partial charge in [-0.2, -0.15) is 0 Å². The van der Waals surface area contributed by atoms with Crippen LogP contribution in [-0.2, 0) is 9.31 Å². The summed E-state index contributed by atoms with van der Waals surface area (Å²) in [6.45, 7) is 4.74. The standard InChI is InChI=1S/C11H12BF3O2/c1-11(2)5-16-12(17-6-11)7-3-8(13)10(15)9(14)4-7/h3-4H,5-6H2,1-2H3. The first-order chi connectivity index (χ1) is 7.89. The van der Waals surface area contributed by atoms with Crippen molar-refractivity contribution in [1.29, 1.82) is 0 Å². The molecule has 0 unspecified atom stereocenters. The van der Waals surface area contributed by atoms with Crippen LogP contribution >= 0.6 is 0 Å². The van der Waals surface area contributed by atoms with Gasteiger partial charge < -0.3 is 9.31 Å². The lowest BCUT2D eigenvalue weighted by Gasteiger charge is -2.33. The molecule has 0 radical (unpaired) electrons. The number of rotatable bonds is 1. The van der Waals surface area contributed by atoms with Crippen molar-refractivity contribution in [3.05, 3.63) is 29.6 Å². The van der Waals surface area contributed by atoms with Crippen LogP contribution in [0, 0.1) is 22.9 Å². The van der Waals surface area contributed by atoms with Crippen LogP contribution in [-0.4, -0.2) is 20.3 Å². The van der Waals surface area contributed by atoms with Crippen molar-refractivity contribution >= 4 is 12.6 Å². The molecule has 1 aliphatic rings. The van der Waals surface area contributed by atoms with Gasteiger partial charge in [0.15, 0.2) is 17.5 Å². The SMILES string of the molecule is CC1(C)COB(c2cc(F)c(F)c(F)c2)OC1. The Hall–Kier alpha value is -1.01. The van der Waals surface area contributed by atoms with Gasteiger partial charge in [0.05, 0.1) is 0 Å². The summed E-state index contributed by atoms with van der Waals surface area (Å²) in [4.78, 5) is 0. The molecule has 2 rings (SSSR count). The molecule has 1 saturated heterocycles. The monoisotopic (exact) mass is 244 g/mol. The van der Waals surface area contributed by atoms with Crippen LogP contribution in [0.3, 0.4) is 0 Å². The Kier molecular flexibility index (Phi) is 3.18. The van der Waals surface area contributed by atoms with Crippen molar-refractivity contribution in [3.63, 3.8) is 0 Å². The van der Waals surface area contributed by atoms with E-state index in [1.807, 2.05) is 13.8 Å². The smallest absolute Gasteiger partial charge is 0.407 e. The maximum atomic E-state index is 13.0. The van der Waals surface area contributed by atoms with Crippen LogP contribution in [0.25, 0.3) is 0 Å². The lowest BCUT2D eigenvalue weighted by molar-refractivity contribution is 0.0342. The van der Waals surface area contributed by atoms with E-state index in [-0.39, 0.29) is 10.9 Å². The van der Waals surface area contributed by atoms with E-state index in [0.717, 1.165) is 12.1 Å². The maximum absolute atomic E-state index is 13.0. The van der Waals surface area contributed by atoms with Crippen molar-refractivity contribution in [2.75, 3.05) is 13.2 Å². The summed E-state index contributed by atoms with van der Waals surface area (Å²) < 4.78 is 49.5. The third-order valence-electron chi connectivity index (χ3n) is 2.53. The molecule has 0 atom stereocenters. The topological polar surface area (TPSA) is 18.5 Å². The van der Waals surface area contributed by atoms with Gasteiger partial charge in [0, 0.05) is 18.6 Å². The quantitative estimate of drug-likeness (QED) is 0.554. The first-order valence-electron chi connectivity index (χ1n) is 5.27. The fourth-order valence-electron chi connectivity index (χ4n) is 1.60. The van der Waals surface area contributed by atoms with E-state index in [9.17, 15) is 13.2 Å². The highest BCUT2D eigenvalue weighted by Gasteiger charge is 2.34. The summed E-state index contributed by atoms with van der Waals surface area (Å²) in [5, 5.41) is 0. The molecule has 2 nitrogen and oxygen atoms in total. The van der Waals surface area contributed by atoms with E-state index in [1.165, 1.54) is 0 Å². The second-order valence-corrected chi connectivity index (χ2v) is 4.92. The molecule has 0 saturated carbocycles. The fourth-order valence-corrected chi connectivity index (χ4v) is 1.60. The Morgan fingerprint density at radius 1 is 1.06 bits per heavy atom. The molecule has 0 amide bonds. The molecule has 0 aliphatic carbocycles. The van der Waals surface area contributed by atoms with Crippen LogP contribution in [0.15, 0.2) is 12.1 Å². The van der Waals surface area contributed by atoms with Crippen molar-refractivity contribution in [3.8, 4) is 0 Å². The summed E-state index contributed by atoms with van der Waals surface area (Å²) in [5.74, 6) is -3.96. The highest BCUT2D eigenvalue weighted by molar-refractivity contribution is 6.61. The zero-order chi connectivity index (χ0) is 12.6. The molecule has 1 aromatic carbocycles. The van der Waals surface area contributed by atoms with E-state index < -0.39 is 24.6 Å². The molecule has 0 spiro atoms. The summed E-state index contributed by atoms with van der Waals surface area (Å²) in [6, 6.07) is 1.78. The summed E-state index contributed by atoms with van der Waals surface area (Å²) >= 11 is 0. The average Bonchev–Trinajstić information content (AvgIpc) is 2.25. The minimum absolute atomic E-state index is 0.131. The molecular formula is C11H12BF3O2. The van der Waals surface area contributed by atoms with Crippen LogP contribution in [0.4, 0.5) is 13.2 Å². The van der Waals surface area contributed by atoms with E-state index >= 15 is 0 Å². The Balaban J connectivity index is 2.19. The predicted octanol–water partition coefficient (Wildman–Crippen LogP) is 1.87. The number of hydrogen-bond acceptors (Lipinski definition) is 2. The molecule has 0 aromatic heterocycles. The van der Waals surface area contributed by atoms with E-state index in [0.29, 0.717) is 13.2 Å². The van der Waals surface area contributed by atoms with Gasteiger partial charge in [-0.05, 0) is 17.6 Å². The first-order valence-corrected chi connectivity index (χ1v) is 5.27. The summed E-state index contributed by atoms with van der Waals surface area (Å²) in [6.07, 6.45) is 0. The number of halogens is 3. The zero-order valence-corrected chi connectivity index (χ0v) is 9.60. The molecule has 0 N–H and O–H groups in total. The van der Waals surface area contributed by atoms with Gasteiger partial charge >= 0.3 is 7.12 Å². The highest BCUT2D eigenvalue weighted by atomic mass is 19.2. The van der Waals surface area contributed by atoms with E-state index in [2.05, 4.69) is 0 Å². The van der Waals surface area contributed by atoms with Gasteiger partial charge in [-0.25, -0.2) is 13.2 Å². The van der Waals surface area contributed by atoms with Gasteiger partial charge in [0.25, 0.3) is 0 Å². The zero-order valence-electron chi connectivity index (χ0n) is 9.60. The maximum Gasteiger partial charge on any atom is 0.494 e. The molecule has 1 aromatic rings. The van der Waals surface area contributed by atoms with Crippen molar-refractivity contribution in [2.24, 2.45) is 5.41 Å². The second-order valence-electron chi connectivity index (χ2n) is 4.92.